The second-order valence-electron chi connectivity index (χ2n) is 6.83. The minimum Gasteiger partial charge on any atom is -0.326 e. The van der Waals surface area contributed by atoms with Gasteiger partial charge in [-0.15, -0.1) is 0 Å². The van der Waals surface area contributed by atoms with E-state index in [-0.39, 0.29) is 22.5 Å². The van der Waals surface area contributed by atoms with Crippen molar-refractivity contribution in [2.75, 3.05) is 38.3 Å². The molecular weight excluding hydrogens is 390 g/mol. The Morgan fingerprint density at radius 3 is 2.30 bits per heavy atom. The summed E-state index contributed by atoms with van der Waals surface area (Å²) in [5, 5.41) is 2.81. The Hall–Kier alpha value is -1.49. The monoisotopic (exact) mass is 417 g/mol. The molecule has 1 fully saturated rings. The first-order valence-corrected chi connectivity index (χ1v) is 11.9. The van der Waals surface area contributed by atoms with E-state index in [4.69, 9.17) is 0 Å². The van der Waals surface area contributed by atoms with E-state index in [1.54, 1.807) is 19.9 Å². The van der Waals surface area contributed by atoms with Gasteiger partial charge in [0.05, 0.1) is 10.6 Å². The average molecular weight is 418 g/mol. The van der Waals surface area contributed by atoms with Gasteiger partial charge >= 0.3 is 0 Å². The minimum atomic E-state index is -3.59. The lowest BCUT2D eigenvalue weighted by molar-refractivity contribution is -0.120. The highest BCUT2D eigenvalue weighted by Gasteiger charge is 2.30. The molecular formula is C17H27N3O5S2. The molecule has 1 aliphatic rings. The third-order valence-electron chi connectivity index (χ3n) is 4.83. The Labute approximate surface area is 161 Å². The molecule has 0 aromatic heterocycles. The molecule has 0 bridgehead atoms. The number of carbonyl (C=O) groups is 1. The summed E-state index contributed by atoms with van der Waals surface area (Å²) in [6, 6.07) is 4.62. The maximum absolute atomic E-state index is 12.6. The first-order chi connectivity index (χ1) is 12.5. The quantitative estimate of drug-likeness (QED) is 0.750. The fourth-order valence-corrected chi connectivity index (χ4v) is 4.98. The normalized spacial score (nSPS) is 17.2. The van der Waals surface area contributed by atoms with Crippen LogP contribution in [0.3, 0.4) is 0 Å². The van der Waals surface area contributed by atoms with Gasteiger partial charge < -0.3 is 5.32 Å². The van der Waals surface area contributed by atoms with Crippen LogP contribution in [0.1, 0.15) is 25.3 Å². The number of piperidine rings is 1. The van der Waals surface area contributed by atoms with Gasteiger partial charge in [0.1, 0.15) is 0 Å². The number of hydrogen-bond donors (Lipinski definition) is 1. The Morgan fingerprint density at radius 2 is 1.78 bits per heavy atom. The minimum absolute atomic E-state index is 0.0518. The number of rotatable bonds is 6. The number of carbonyl (C=O) groups excluding carboxylic acids is 1. The van der Waals surface area contributed by atoms with E-state index in [9.17, 15) is 21.6 Å². The molecule has 1 aliphatic heterocycles. The van der Waals surface area contributed by atoms with Crippen molar-refractivity contribution in [3.8, 4) is 0 Å². The summed E-state index contributed by atoms with van der Waals surface area (Å²) in [6.07, 6.45) is 0.888. The van der Waals surface area contributed by atoms with Crippen molar-refractivity contribution in [1.82, 2.24) is 8.61 Å². The van der Waals surface area contributed by atoms with Gasteiger partial charge in [-0.05, 0) is 44.4 Å². The van der Waals surface area contributed by atoms with E-state index in [2.05, 4.69) is 5.32 Å². The van der Waals surface area contributed by atoms with Crippen LogP contribution in [0, 0.1) is 12.8 Å². The number of nitrogens with one attached hydrogen (secondary N) is 1. The smallest absolute Gasteiger partial charge is 0.242 e. The third kappa shape index (κ3) is 4.87. The zero-order valence-corrected chi connectivity index (χ0v) is 17.7. The van der Waals surface area contributed by atoms with Gasteiger partial charge in [-0.2, -0.15) is 0 Å². The summed E-state index contributed by atoms with van der Waals surface area (Å²) in [5.41, 5.74) is 1.21. The zero-order chi connectivity index (χ0) is 20.4. The largest absolute Gasteiger partial charge is 0.326 e. The highest BCUT2D eigenvalue weighted by atomic mass is 32.2. The van der Waals surface area contributed by atoms with Gasteiger partial charge in [0, 0.05) is 38.8 Å². The Morgan fingerprint density at radius 1 is 1.19 bits per heavy atom. The van der Waals surface area contributed by atoms with Gasteiger partial charge in [0.25, 0.3) is 0 Å². The van der Waals surface area contributed by atoms with E-state index in [0.29, 0.717) is 31.6 Å². The molecule has 8 nitrogen and oxygen atoms in total. The lowest BCUT2D eigenvalue weighted by Crippen LogP contribution is -2.42. The number of anilines is 1. The highest BCUT2D eigenvalue weighted by molar-refractivity contribution is 7.89. The summed E-state index contributed by atoms with van der Waals surface area (Å²) in [7, 11) is -3.93. The predicted octanol–water partition coefficient (Wildman–Crippen LogP) is 1.25. The molecule has 0 saturated carbocycles. The molecule has 1 heterocycles. The van der Waals surface area contributed by atoms with Crippen molar-refractivity contribution in [2.45, 2.75) is 31.6 Å². The molecule has 152 valence electrons. The van der Waals surface area contributed by atoms with Crippen LogP contribution in [-0.2, 0) is 24.8 Å². The molecule has 27 heavy (non-hydrogen) atoms. The zero-order valence-electron chi connectivity index (χ0n) is 16.1. The van der Waals surface area contributed by atoms with Crippen LogP contribution in [0.25, 0.3) is 0 Å². The number of aryl methyl sites for hydroxylation is 1. The molecule has 1 saturated heterocycles. The fraction of sp³-hybridized carbons (Fsp3) is 0.588. The van der Waals surface area contributed by atoms with Gasteiger partial charge in [0.15, 0.2) is 0 Å². The van der Waals surface area contributed by atoms with Crippen LogP contribution in [-0.4, -0.2) is 64.3 Å². The van der Waals surface area contributed by atoms with Crippen molar-refractivity contribution in [2.24, 2.45) is 5.92 Å². The molecule has 2 rings (SSSR count). The topological polar surface area (TPSA) is 104 Å². The summed E-state index contributed by atoms with van der Waals surface area (Å²) in [4.78, 5) is 12.7. The second kappa shape index (κ2) is 8.26. The van der Waals surface area contributed by atoms with Gasteiger partial charge in [-0.25, -0.2) is 25.4 Å². The van der Waals surface area contributed by atoms with Crippen LogP contribution in [0.15, 0.2) is 23.1 Å². The molecule has 1 aromatic rings. The summed E-state index contributed by atoms with van der Waals surface area (Å²) >= 11 is 0. The average Bonchev–Trinajstić information content (AvgIpc) is 2.63. The first-order valence-electron chi connectivity index (χ1n) is 8.81. The van der Waals surface area contributed by atoms with Gasteiger partial charge in [-0.1, -0.05) is 6.07 Å². The lowest BCUT2D eigenvalue weighted by Gasteiger charge is -2.30. The maximum Gasteiger partial charge on any atom is 0.242 e. The van der Waals surface area contributed by atoms with Crippen LogP contribution >= 0.6 is 0 Å². The highest BCUT2D eigenvalue weighted by Crippen LogP contribution is 2.25. The van der Waals surface area contributed by atoms with Crippen molar-refractivity contribution in [3.05, 3.63) is 23.8 Å². The van der Waals surface area contributed by atoms with Crippen molar-refractivity contribution >= 4 is 31.6 Å². The molecule has 1 amide bonds. The van der Waals surface area contributed by atoms with Crippen LogP contribution < -0.4 is 5.32 Å². The Balaban J connectivity index is 2.11. The van der Waals surface area contributed by atoms with E-state index in [1.807, 2.05) is 0 Å². The second-order valence-corrected chi connectivity index (χ2v) is 11.2. The number of nitrogens with zero attached hydrogens (tertiary/aromatic N) is 2. The van der Waals surface area contributed by atoms with Crippen LogP contribution in [0.5, 0.6) is 0 Å². The van der Waals surface area contributed by atoms with E-state index in [0.717, 1.165) is 9.87 Å². The van der Waals surface area contributed by atoms with Crippen molar-refractivity contribution in [3.63, 3.8) is 0 Å². The van der Waals surface area contributed by atoms with Crippen LogP contribution in [0.4, 0.5) is 5.69 Å². The molecule has 10 heteroatoms. The predicted molar refractivity (Wildman–Crippen MR) is 104 cm³/mol. The van der Waals surface area contributed by atoms with Crippen molar-refractivity contribution in [1.29, 1.82) is 0 Å². The standard InChI is InChI=1S/C17H27N3O5S2/c1-5-26(22,23)20-10-8-14(9-11-20)17(21)18-16-12-15(7-6-13(16)2)27(24,25)19(3)4/h6-7,12,14H,5,8-11H2,1-4H3,(H,18,21). The molecule has 0 spiro atoms. The molecule has 0 unspecified atom stereocenters. The molecule has 0 radical (unpaired) electrons. The van der Waals surface area contributed by atoms with Gasteiger partial charge in [0.2, 0.25) is 26.0 Å². The summed E-state index contributed by atoms with van der Waals surface area (Å²) < 4.78 is 51.0. The van der Waals surface area contributed by atoms with Crippen LogP contribution in [0.2, 0.25) is 0 Å². The maximum atomic E-state index is 12.6. The Kier molecular flexibility index (Phi) is 6.67. The number of sulfonamides is 2. The van der Waals surface area contributed by atoms with Crippen molar-refractivity contribution < 1.29 is 21.6 Å². The lowest BCUT2D eigenvalue weighted by atomic mass is 9.97. The summed E-state index contributed by atoms with van der Waals surface area (Å²) in [6.45, 7) is 4.04. The van der Waals surface area contributed by atoms with E-state index >= 15 is 0 Å². The molecule has 0 aliphatic carbocycles. The van der Waals surface area contributed by atoms with E-state index in [1.165, 1.54) is 30.5 Å². The SMILES string of the molecule is CCS(=O)(=O)N1CCC(C(=O)Nc2cc(S(=O)(=O)N(C)C)ccc2C)CC1. The number of amides is 1. The molecule has 1 aromatic carbocycles. The molecule has 1 N–H and O–H groups in total. The Bertz CT molecular complexity index is 902. The number of benzene rings is 1. The fourth-order valence-electron chi connectivity index (χ4n) is 2.92. The third-order valence-corrected chi connectivity index (χ3v) is 8.52. The number of hydrogen-bond acceptors (Lipinski definition) is 5. The summed E-state index contributed by atoms with van der Waals surface area (Å²) in [5.74, 6) is -0.469. The van der Waals surface area contributed by atoms with E-state index < -0.39 is 20.0 Å². The molecule has 0 atom stereocenters. The van der Waals surface area contributed by atoms with Gasteiger partial charge in [-0.3, -0.25) is 4.79 Å². The first kappa shape index (κ1) is 21.8.